The minimum absolute atomic E-state index is 0.161. The summed E-state index contributed by atoms with van der Waals surface area (Å²) in [6.45, 7) is 0. The molecule has 3 aromatic rings. The minimum atomic E-state index is -0.600. The SMILES string of the molecule is CN(C)C(=O)c1cccc2oc(C(=O)Nc3ccc(Cl)cn3)[n+](N)c12. The lowest BCUT2D eigenvalue weighted by Gasteiger charge is -2.08. The maximum atomic E-state index is 12.4. The fraction of sp³-hybridized carbons (Fsp3) is 0.125. The van der Waals surface area contributed by atoms with Crippen LogP contribution in [0.25, 0.3) is 11.1 Å². The molecule has 3 rings (SSSR count). The Hall–Kier alpha value is -3.13. The third kappa shape index (κ3) is 3.11. The molecule has 0 spiro atoms. The molecular weight excluding hydrogens is 346 g/mol. The molecule has 128 valence electrons. The number of rotatable bonds is 3. The van der Waals surface area contributed by atoms with Gasteiger partial charge in [-0.2, -0.15) is 0 Å². The highest BCUT2D eigenvalue weighted by Crippen LogP contribution is 2.19. The maximum absolute atomic E-state index is 12.4. The highest BCUT2D eigenvalue weighted by Gasteiger charge is 2.32. The first kappa shape index (κ1) is 16.7. The van der Waals surface area contributed by atoms with E-state index in [0.29, 0.717) is 27.5 Å². The van der Waals surface area contributed by atoms with Crippen LogP contribution in [0, 0.1) is 0 Å². The number of carbonyl (C=O) groups is 2. The fourth-order valence-corrected chi connectivity index (χ4v) is 2.41. The second-order valence-corrected chi connectivity index (χ2v) is 5.88. The van der Waals surface area contributed by atoms with Gasteiger partial charge in [0.2, 0.25) is 5.58 Å². The summed E-state index contributed by atoms with van der Waals surface area (Å²) in [6.07, 6.45) is 1.40. The number of nitrogen functional groups attached to an aromatic ring is 1. The summed E-state index contributed by atoms with van der Waals surface area (Å²) in [5.41, 5.74) is 0.984. The van der Waals surface area contributed by atoms with Crippen molar-refractivity contribution in [2.24, 2.45) is 0 Å². The molecule has 3 N–H and O–H groups in total. The Kier molecular flexibility index (Phi) is 4.28. The van der Waals surface area contributed by atoms with Crippen molar-refractivity contribution in [1.29, 1.82) is 0 Å². The van der Waals surface area contributed by atoms with E-state index in [2.05, 4.69) is 10.3 Å². The third-order valence-corrected chi connectivity index (χ3v) is 3.69. The number of fused-ring (bicyclic) bond motifs is 1. The lowest BCUT2D eigenvalue weighted by Crippen LogP contribution is -2.50. The van der Waals surface area contributed by atoms with Gasteiger partial charge in [0.05, 0.1) is 5.02 Å². The molecule has 0 atom stereocenters. The van der Waals surface area contributed by atoms with Crippen LogP contribution in [-0.2, 0) is 0 Å². The largest absolute Gasteiger partial charge is 0.470 e. The van der Waals surface area contributed by atoms with Gasteiger partial charge < -0.3 is 9.32 Å². The number of amides is 2. The van der Waals surface area contributed by atoms with Gasteiger partial charge in [-0.15, -0.1) is 0 Å². The van der Waals surface area contributed by atoms with Crippen molar-refractivity contribution in [1.82, 2.24) is 9.88 Å². The van der Waals surface area contributed by atoms with Gasteiger partial charge in [-0.05, 0) is 28.9 Å². The number of oxazole rings is 1. The predicted octanol–water partition coefficient (Wildman–Crippen LogP) is 1.44. The van der Waals surface area contributed by atoms with Crippen LogP contribution in [0.5, 0.6) is 0 Å². The average Bonchev–Trinajstić information content (AvgIpc) is 2.93. The minimum Gasteiger partial charge on any atom is -0.392 e. The number of nitrogens with zero attached hydrogens (tertiary/aromatic N) is 3. The molecule has 0 bridgehead atoms. The van der Waals surface area contributed by atoms with Gasteiger partial charge in [-0.1, -0.05) is 17.7 Å². The molecule has 9 heteroatoms. The number of aromatic nitrogens is 2. The van der Waals surface area contributed by atoms with Crippen molar-refractivity contribution < 1.29 is 18.7 Å². The number of halogens is 1. The van der Waals surface area contributed by atoms with Crippen LogP contribution < -0.4 is 15.8 Å². The van der Waals surface area contributed by atoms with Crippen LogP contribution in [0.1, 0.15) is 21.0 Å². The summed E-state index contributed by atoms with van der Waals surface area (Å²) in [7, 11) is 3.25. The molecule has 0 aliphatic heterocycles. The van der Waals surface area contributed by atoms with Crippen molar-refractivity contribution in [2.45, 2.75) is 0 Å². The molecule has 0 radical (unpaired) electrons. The molecule has 25 heavy (non-hydrogen) atoms. The van der Waals surface area contributed by atoms with Crippen LogP contribution in [0.4, 0.5) is 5.82 Å². The highest BCUT2D eigenvalue weighted by molar-refractivity contribution is 6.30. The zero-order valence-electron chi connectivity index (χ0n) is 13.5. The fourth-order valence-electron chi connectivity index (χ4n) is 2.30. The number of benzene rings is 1. The number of carbonyl (C=O) groups excluding carboxylic acids is 2. The van der Waals surface area contributed by atoms with Gasteiger partial charge in [0.15, 0.2) is 0 Å². The van der Waals surface area contributed by atoms with E-state index in [9.17, 15) is 9.59 Å². The molecule has 0 aliphatic rings. The first-order chi connectivity index (χ1) is 11.9. The van der Waals surface area contributed by atoms with Crippen molar-refractivity contribution in [3.8, 4) is 0 Å². The molecule has 1 aromatic carbocycles. The Balaban J connectivity index is 2.01. The topological polar surface area (TPSA) is 105 Å². The molecule has 0 unspecified atom stereocenters. The Morgan fingerprint density at radius 2 is 2.04 bits per heavy atom. The molecule has 0 saturated carbocycles. The lowest BCUT2D eigenvalue weighted by atomic mass is 10.1. The van der Waals surface area contributed by atoms with Crippen molar-refractivity contribution in [3.63, 3.8) is 0 Å². The summed E-state index contributed by atoms with van der Waals surface area (Å²) in [6, 6.07) is 8.04. The second kappa shape index (κ2) is 6.40. The molecular formula is C16H15ClN5O3+. The molecule has 0 aliphatic carbocycles. The zero-order chi connectivity index (χ0) is 18.1. The maximum Gasteiger partial charge on any atom is 0.470 e. The van der Waals surface area contributed by atoms with Crippen LogP contribution >= 0.6 is 11.6 Å². The molecule has 2 heterocycles. The van der Waals surface area contributed by atoms with Gasteiger partial charge in [0, 0.05) is 20.3 Å². The zero-order valence-corrected chi connectivity index (χ0v) is 14.2. The van der Waals surface area contributed by atoms with E-state index in [1.54, 1.807) is 44.4 Å². The van der Waals surface area contributed by atoms with Crippen LogP contribution in [0.15, 0.2) is 40.9 Å². The van der Waals surface area contributed by atoms with Crippen molar-refractivity contribution >= 4 is 40.3 Å². The molecule has 2 amide bonds. The summed E-state index contributed by atoms with van der Waals surface area (Å²) < 4.78 is 6.58. The highest BCUT2D eigenvalue weighted by atomic mass is 35.5. The molecule has 2 aromatic heterocycles. The van der Waals surface area contributed by atoms with Crippen molar-refractivity contribution in [2.75, 3.05) is 25.3 Å². The molecule has 0 fully saturated rings. The van der Waals surface area contributed by atoms with Crippen LogP contribution in [0.3, 0.4) is 0 Å². The predicted molar refractivity (Wildman–Crippen MR) is 91.8 cm³/mol. The monoisotopic (exact) mass is 360 g/mol. The number of hydrogen-bond donors (Lipinski definition) is 2. The Bertz CT molecular complexity index is 966. The van der Waals surface area contributed by atoms with Gasteiger partial charge in [0.1, 0.15) is 11.4 Å². The number of pyridine rings is 1. The van der Waals surface area contributed by atoms with E-state index in [1.807, 2.05) is 0 Å². The second-order valence-electron chi connectivity index (χ2n) is 5.44. The summed E-state index contributed by atoms with van der Waals surface area (Å²) in [5.74, 6) is 5.28. The van der Waals surface area contributed by atoms with E-state index in [0.717, 1.165) is 4.68 Å². The van der Waals surface area contributed by atoms with Gasteiger partial charge in [-0.25, -0.2) is 10.8 Å². The quantitative estimate of drug-likeness (QED) is 0.543. The number of nitrogens with one attached hydrogen (secondary N) is 1. The smallest absolute Gasteiger partial charge is 0.392 e. The normalized spacial score (nSPS) is 10.7. The third-order valence-electron chi connectivity index (χ3n) is 3.47. The summed E-state index contributed by atoms with van der Waals surface area (Å²) in [5, 5.41) is 3.01. The van der Waals surface area contributed by atoms with E-state index in [1.165, 1.54) is 11.1 Å². The van der Waals surface area contributed by atoms with E-state index >= 15 is 0 Å². The first-order valence-electron chi connectivity index (χ1n) is 7.25. The van der Waals surface area contributed by atoms with Crippen molar-refractivity contribution in [3.05, 3.63) is 53.0 Å². The van der Waals surface area contributed by atoms with Gasteiger partial charge in [-0.3, -0.25) is 14.9 Å². The lowest BCUT2D eigenvalue weighted by molar-refractivity contribution is -0.619. The average molecular weight is 361 g/mol. The molecule has 0 saturated heterocycles. The summed E-state index contributed by atoms with van der Waals surface area (Å²) >= 11 is 5.76. The van der Waals surface area contributed by atoms with Gasteiger partial charge in [0.25, 0.3) is 11.4 Å². The Morgan fingerprint density at radius 3 is 2.68 bits per heavy atom. The van der Waals surface area contributed by atoms with Gasteiger partial charge >= 0.3 is 11.8 Å². The number of anilines is 1. The number of para-hydroxylation sites is 1. The van der Waals surface area contributed by atoms with Crippen LogP contribution in [0.2, 0.25) is 5.02 Å². The Labute approximate surface area is 147 Å². The van der Waals surface area contributed by atoms with Crippen LogP contribution in [-0.4, -0.2) is 35.8 Å². The number of hydrogen-bond acceptors (Lipinski definition) is 5. The standard InChI is InChI=1S/C16H14ClN5O3/c1-21(2)15(24)10-4-3-5-11-13(10)22(18)16(25-11)14(23)20-12-7-6-9(17)8-19-12/h3-8H,1-2H3,(H2-,18,19,20,23)/p+1. The summed E-state index contributed by atoms with van der Waals surface area (Å²) in [4.78, 5) is 30.1. The molecule has 8 nitrogen and oxygen atoms in total. The van der Waals surface area contributed by atoms with E-state index in [4.69, 9.17) is 21.9 Å². The van der Waals surface area contributed by atoms with E-state index in [-0.39, 0.29) is 11.8 Å². The first-order valence-corrected chi connectivity index (χ1v) is 7.63. The van der Waals surface area contributed by atoms with E-state index < -0.39 is 5.91 Å². The Morgan fingerprint density at radius 1 is 1.28 bits per heavy atom. The number of nitrogens with two attached hydrogens (primary N) is 1.